The molecule has 1 N–H and O–H groups in total. The Kier molecular flexibility index (Phi) is 5.53. The van der Waals surface area contributed by atoms with Gasteiger partial charge < -0.3 is 14.6 Å². The third kappa shape index (κ3) is 4.27. The molecule has 0 radical (unpaired) electrons. The molecule has 0 aliphatic rings. The van der Waals surface area contributed by atoms with Crippen molar-refractivity contribution in [2.75, 3.05) is 17.7 Å². The third-order valence-corrected chi connectivity index (χ3v) is 5.10. The summed E-state index contributed by atoms with van der Waals surface area (Å²) in [6.45, 7) is 4.35. The summed E-state index contributed by atoms with van der Waals surface area (Å²) in [7, 11) is 0. The minimum Gasteiger partial charge on any atom is -0.494 e. The zero-order valence-corrected chi connectivity index (χ0v) is 16.9. The van der Waals surface area contributed by atoms with Crippen molar-refractivity contribution in [3.8, 4) is 11.4 Å². The summed E-state index contributed by atoms with van der Waals surface area (Å²) >= 11 is 1.37. The van der Waals surface area contributed by atoms with E-state index in [9.17, 15) is 4.79 Å². The highest BCUT2D eigenvalue weighted by Gasteiger charge is 2.15. The van der Waals surface area contributed by atoms with Gasteiger partial charge in [-0.1, -0.05) is 29.1 Å². The average molecular weight is 408 g/mol. The largest absolute Gasteiger partial charge is 0.494 e. The summed E-state index contributed by atoms with van der Waals surface area (Å²) in [5, 5.41) is 7.25. The molecular weight excluding hydrogens is 388 g/mol. The number of carbonyl (C=O) groups is 1. The van der Waals surface area contributed by atoms with Crippen molar-refractivity contribution in [1.29, 1.82) is 0 Å². The highest BCUT2D eigenvalue weighted by molar-refractivity contribution is 7.99. The summed E-state index contributed by atoms with van der Waals surface area (Å²) in [4.78, 5) is 17.0. The first-order valence-corrected chi connectivity index (χ1v) is 10.2. The first-order valence-electron chi connectivity index (χ1n) is 9.20. The van der Waals surface area contributed by atoms with Crippen LogP contribution in [0.3, 0.4) is 0 Å². The van der Waals surface area contributed by atoms with Crippen molar-refractivity contribution in [3.05, 3.63) is 60.4 Å². The van der Waals surface area contributed by atoms with Gasteiger partial charge in [0, 0.05) is 11.8 Å². The number of nitrogens with zero attached hydrogens (tertiary/aromatic N) is 3. The van der Waals surface area contributed by atoms with Gasteiger partial charge in [0.1, 0.15) is 11.5 Å². The number of benzene rings is 2. The fourth-order valence-corrected chi connectivity index (χ4v) is 3.77. The Hall–Kier alpha value is -3.26. The molecule has 0 aliphatic heterocycles. The first kappa shape index (κ1) is 19.1. The Morgan fingerprint density at radius 3 is 2.72 bits per heavy atom. The number of hydrogen-bond donors (Lipinski definition) is 1. The van der Waals surface area contributed by atoms with Crippen LogP contribution in [0.5, 0.6) is 5.75 Å². The summed E-state index contributed by atoms with van der Waals surface area (Å²) in [5.74, 6) is 1.90. The molecule has 29 heavy (non-hydrogen) atoms. The molecule has 0 saturated carbocycles. The van der Waals surface area contributed by atoms with Gasteiger partial charge in [-0.15, -0.1) is 0 Å². The van der Waals surface area contributed by atoms with Crippen LogP contribution in [-0.2, 0) is 4.79 Å². The lowest BCUT2D eigenvalue weighted by Crippen LogP contribution is -2.14. The van der Waals surface area contributed by atoms with Crippen LogP contribution in [0.25, 0.3) is 16.7 Å². The normalized spacial score (nSPS) is 11.0. The Morgan fingerprint density at radius 2 is 2.00 bits per heavy atom. The molecule has 2 aromatic heterocycles. The summed E-state index contributed by atoms with van der Waals surface area (Å²) in [6, 6.07) is 17.4. The van der Waals surface area contributed by atoms with E-state index in [1.165, 1.54) is 11.8 Å². The minimum absolute atomic E-state index is 0.173. The lowest BCUT2D eigenvalue weighted by molar-refractivity contribution is -0.113. The summed E-state index contributed by atoms with van der Waals surface area (Å²) in [5.41, 5.74) is 2.81. The quantitative estimate of drug-likeness (QED) is 0.455. The van der Waals surface area contributed by atoms with E-state index in [0.717, 1.165) is 27.6 Å². The van der Waals surface area contributed by atoms with Crippen LogP contribution in [-0.4, -0.2) is 33.0 Å². The number of aryl methyl sites for hydroxylation is 1. The molecule has 7 nitrogen and oxygen atoms in total. The maximum absolute atomic E-state index is 12.3. The number of imidazole rings is 1. The number of thioether (sulfide) groups is 1. The molecule has 8 heteroatoms. The van der Waals surface area contributed by atoms with Gasteiger partial charge in [0.25, 0.3) is 0 Å². The van der Waals surface area contributed by atoms with E-state index >= 15 is 0 Å². The molecule has 2 aromatic carbocycles. The zero-order chi connectivity index (χ0) is 20.2. The smallest absolute Gasteiger partial charge is 0.236 e. The number of amides is 1. The van der Waals surface area contributed by atoms with Gasteiger partial charge in [-0.05, 0) is 50.2 Å². The Bertz CT molecular complexity index is 1130. The van der Waals surface area contributed by atoms with E-state index in [4.69, 9.17) is 14.2 Å². The highest BCUT2D eigenvalue weighted by Crippen LogP contribution is 2.29. The van der Waals surface area contributed by atoms with Gasteiger partial charge in [-0.3, -0.25) is 9.36 Å². The SMILES string of the molecule is CCOc1ccc(-n2c(SCC(=O)Nc3cc(C)on3)nc3ccccc32)cc1. The van der Waals surface area contributed by atoms with Gasteiger partial charge in [0.2, 0.25) is 5.91 Å². The number of para-hydroxylation sites is 2. The van der Waals surface area contributed by atoms with Gasteiger partial charge in [0.15, 0.2) is 11.0 Å². The van der Waals surface area contributed by atoms with E-state index < -0.39 is 0 Å². The predicted octanol–water partition coefficient (Wildman–Crippen LogP) is 4.45. The standard InChI is InChI=1S/C21H20N4O3S/c1-3-27-16-10-8-15(9-11-16)25-18-7-5-4-6-17(18)22-21(25)29-13-20(26)23-19-12-14(2)28-24-19/h4-12H,3,13H2,1-2H3,(H,23,24,26). The van der Waals surface area contributed by atoms with E-state index in [0.29, 0.717) is 18.2 Å². The molecule has 0 unspecified atom stereocenters. The van der Waals surface area contributed by atoms with Crippen molar-refractivity contribution in [1.82, 2.24) is 14.7 Å². The van der Waals surface area contributed by atoms with Crippen molar-refractivity contribution >= 4 is 34.5 Å². The fourth-order valence-electron chi connectivity index (χ4n) is 2.94. The predicted molar refractivity (Wildman–Crippen MR) is 113 cm³/mol. The molecule has 2 heterocycles. The van der Waals surface area contributed by atoms with Crippen molar-refractivity contribution in [3.63, 3.8) is 0 Å². The average Bonchev–Trinajstić information content (AvgIpc) is 3.30. The van der Waals surface area contributed by atoms with E-state index in [1.807, 2.05) is 60.0 Å². The van der Waals surface area contributed by atoms with Gasteiger partial charge >= 0.3 is 0 Å². The molecule has 0 bridgehead atoms. The second-order valence-corrected chi connectivity index (χ2v) is 7.25. The molecule has 0 spiro atoms. The Balaban J connectivity index is 1.58. The number of fused-ring (bicyclic) bond motifs is 1. The third-order valence-electron chi connectivity index (χ3n) is 4.16. The maximum Gasteiger partial charge on any atom is 0.236 e. The van der Waals surface area contributed by atoms with Crippen LogP contribution in [0, 0.1) is 6.92 Å². The van der Waals surface area contributed by atoms with Crippen molar-refractivity contribution < 1.29 is 14.1 Å². The lowest BCUT2D eigenvalue weighted by atomic mass is 10.2. The topological polar surface area (TPSA) is 82.2 Å². The van der Waals surface area contributed by atoms with Crippen LogP contribution >= 0.6 is 11.8 Å². The molecule has 0 aliphatic carbocycles. The van der Waals surface area contributed by atoms with E-state index in [1.54, 1.807) is 13.0 Å². The Labute approximate surface area is 172 Å². The zero-order valence-electron chi connectivity index (χ0n) is 16.1. The second kappa shape index (κ2) is 8.40. The van der Waals surface area contributed by atoms with Gasteiger partial charge in [0.05, 0.1) is 23.4 Å². The highest BCUT2D eigenvalue weighted by atomic mass is 32.2. The van der Waals surface area contributed by atoms with Gasteiger partial charge in [-0.2, -0.15) is 0 Å². The van der Waals surface area contributed by atoms with Crippen molar-refractivity contribution in [2.24, 2.45) is 0 Å². The molecule has 4 rings (SSSR count). The van der Waals surface area contributed by atoms with Crippen LogP contribution < -0.4 is 10.1 Å². The fraction of sp³-hybridized carbons (Fsp3) is 0.190. The molecule has 0 fully saturated rings. The number of hydrogen-bond acceptors (Lipinski definition) is 6. The summed E-state index contributed by atoms with van der Waals surface area (Å²) in [6.07, 6.45) is 0. The molecular formula is C21H20N4O3S. The number of anilines is 1. The van der Waals surface area contributed by atoms with E-state index in [2.05, 4.69) is 10.5 Å². The molecule has 4 aromatic rings. The second-order valence-electron chi connectivity index (χ2n) is 6.31. The molecule has 0 saturated heterocycles. The van der Waals surface area contributed by atoms with Crippen LogP contribution in [0.15, 0.2) is 64.3 Å². The number of aromatic nitrogens is 3. The molecule has 148 valence electrons. The van der Waals surface area contributed by atoms with Crippen molar-refractivity contribution in [2.45, 2.75) is 19.0 Å². The Morgan fingerprint density at radius 1 is 1.21 bits per heavy atom. The van der Waals surface area contributed by atoms with Crippen LogP contribution in [0.1, 0.15) is 12.7 Å². The maximum atomic E-state index is 12.3. The molecule has 1 amide bonds. The number of rotatable bonds is 7. The molecule has 0 atom stereocenters. The first-order chi connectivity index (χ1) is 14.1. The van der Waals surface area contributed by atoms with Crippen LogP contribution in [0.2, 0.25) is 0 Å². The van der Waals surface area contributed by atoms with Gasteiger partial charge in [-0.25, -0.2) is 4.98 Å². The minimum atomic E-state index is -0.173. The van der Waals surface area contributed by atoms with E-state index in [-0.39, 0.29) is 11.7 Å². The summed E-state index contributed by atoms with van der Waals surface area (Å²) < 4.78 is 12.6. The monoisotopic (exact) mass is 408 g/mol. The lowest BCUT2D eigenvalue weighted by Gasteiger charge is -2.10. The number of nitrogens with one attached hydrogen (secondary N) is 1. The number of ether oxygens (including phenoxy) is 1. The number of carbonyl (C=O) groups excluding carboxylic acids is 1. The van der Waals surface area contributed by atoms with Crippen LogP contribution in [0.4, 0.5) is 5.82 Å².